The third-order valence-corrected chi connectivity index (χ3v) is 7.96. The van der Waals surface area contributed by atoms with E-state index in [9.17, 15) is 24.5 Å². The lowest BCUT2D eigenvalue weighted by Crippen LogP contribution is -2.45. The highest BCUT2D eigenvalue weighted by Crippen LogP contribution is 2.59. The van der Waals surface area contributed by atoms with E-state index in [1.54, 1.807) is 13.8 Å². The summed E-state index contributed by atoms with van der Waals surface area (Å²) in [7, 11) is 0. The van der Waals surface area contributed by atoms with E-state index in [-0.39, 0.29) is 18.0 Å². The van der Waals surface area contributed by atoms with Crippen molar-refractivity contribution in [3.63, 3.8) is 0 Å². The first-order chi connectivity index (χ1) is 18.1. The van der Waals surface area contributed by atoms with Crippen LogP contribution in [0, 0.1) is 33.8 Å². The van der Waals surface area contributed by atoms with E-state index in [1.165, 1.54) is 24.3 Å². The number of imidazole rings is 1. The van der Waals surface area contributed by atoms with Crippen molar-refractivity contribution in [2.75, 3.05) is 0 Å². The number of carbonyl (C=O) groups excluding carboxylic acids is 3. The molecule has 2 heterocycles. The number of benzene rings is 2. The Morgan fingerprint density at radius 1 is 1.16 bits per heavy atom. The second-order valence-electron chi connectivity index (χ2n) is 10.6. The number of carbonyl (C=O) groups is 3. The van der Waals surface area contributed by atoms with Gasteiger partial charge in [-0.2, -0.15) is 0 Å². The predicted octanol–water partition coefficient (Wildman–Crippen LogP) is 3.21. The average molecular weight is 520 g/mol. The second kappa shape index (κ2) is 8.64. The Kier molecular flexibility index (Phi) is 5.48. The largest absolute Gasteiger partial charge is 0.458 e. The number of rotatable bonds is 7. The predicted molar refractivity (Wildman–Crippen MR) is 130 cm³/mol. The van der Waals surface area contributed by atoms with E-state index in [0.717, 1.165) is 11.0 Å². The fourth-order valence-electron chi connectivity index (χ4n) is 6.25. The molecule has 0 amide bonds. The van der Waals surface area contributed by atoms with E-state index in [0.29, 0.717) is 17.8 Å². The zero-order chi connectivity index (χ0) is 26.8. The number of hydrogen-bond acceptors (Lipinski definition) is 9. The number of non-ortho nitro benzene ring substituents is 1. The number of nitro benzene ring substituents is 1. The highest BCUT2D eigenvalue weighted by atomic mass is 16.6. The molecule has 1 N–H and O–H groups in total. The van der Waals surface area contributed by atoms with Crippen LogP contribution >= 0.6 is 0 Å². The van der Waals surface area contributed by atoms with E-state index >= 15 is 0 Å². The lowest BCUT2D eigenvalue weighted by molar-refractivity contribution is -0.384. The van der Waals surface area contributed by atoms with Crippen LogP contribution in [0.3, 0.4) is 0 Å². The van der Waals surface area contributed by atoms with Crippen LogP contribution in [-0.4, -0.2) is 45.0 Å². The molecule has 1 aliphatic heterocycles. The normalized spacial score (nSPS) is 27.4. The molecule has 11 heteroatoms. The van der Waals surface area contributed by atoms with E-state index in [1.807, 2.05) is 24.3 Å². The monoisotopic (exact) mass is 519 g/mol. The number of aromatic amines is 1. The Bertz CT molecular complexity index is 1430. The summed E-state index contributed by atoms with van der Waals surface area (Å²) in [5, 5.41) is 11.0. The third-order valence-electron chi connectivity index (χ3n) is 7.96. The summed E-state index contributed by atoms with van der Waals surface area (Å²) in [5.41, 5.74) is 0.933. The van der Waals surface area contributed by atoms with Crippen LogP contribution in [0.25, 0.3) is 11.0 Å². The number of ether oxygens (including phenoxy) is 3. The molecule has 38 heavy (non-hydrogen) atoms. The van der Waals surface area contributed by atoms with Crippen LogP contribution in [0.1, 0.15) is 31.7 Å². The molecule has 6 rings (SSSR count). The van der Waals surface area contributed by atoms with Crippen LogP contribution in [0.5, 0.6) is 0 Å². The van der Waals surface area contributed by atoms with Crippen molar-refractivity contribution >= 4 is 34.6 Å². The number of nitrogens with one attached hydrogen (secondary N) is 1. The second-order valence-corrected chi connectivity index (χ2v) is 10.6. The van der Waals surface area contributed by atoms with Crippen molar-refractivity contribution in [1.29, 1.82) is 0 Å². The summed E-state index contributed by atoms with van der Waals surface area (Å²) >= 11 is 0. The molecule has 2 aromatic carbocycles. The maximum absolute atomic E-state index is 13.5. The number of fused-ring (bicyclic) bond motifs is 2. The van der Waals surface area contributed by atoms with Gasteiger partial charge in [-0.25, -0.2) is 4.98 Å². The summed E-state index contributed by atoms with van der Waals surface area (Å²) in [6.45, 7) is 3.36. The smallest absolute Gasteiger partial charge is 0.313 e. The van der Waals surface area contributed by atoms with Gasteiger partial charge in [-0.3, -0.25) is 24.5 Å². The van der Waals surface area contributed by atoms with Gasteiger partial charge in [-0.05, 0) is 50.1 Å². The van der Waals surface area contributed by atoms with E-state index in [2.05, 4.69) is 9.97 Å². The zero-order valence-corrected chi connectivity index (χ0v) is 20.7. The van der Waals surface area contributed by atoms with Gasteiger partial charge in [-0.15, -0.1) is 0 Å². The molecule has 1 aromatic heterocycles. The Morgan fingerprint density at radius 2 is 1.89 bits per heavy atom. The highest BCUT2D eigenvalue weighted by molar-refractivity contribution is 5.86. The molecule has 6 atom stereocenters. The number of H-pyrrole nitrogens is 1. The van der Waals surface area contributed by atoms with Crippen molar-refractivity contribution < 1.29 is 33.5 Å². The number of nitrogens with zero attached hydrogens (tertiary/aromatic N) is 2. The Hall–Kier alpha value is -4.28. The summed E-state index contributed by atoms with van der Waals surface area (Å²) in [5.74, 6) is -3.23. The molecule has 2 aliphatic carbocycles. The summed E-state index contributed by atoms with van der Waals surface area (Å²) < 4.78 is 17.2. The molecule has 11 nitrogen and oxygen atoms in total. The number of esters is 3. The van der Waals surface area contributed by atoms with Gasteiger partial charge in [0.1, 0.15) is 30.1 Å². The molecule has 1 saturated heterocycles. The molecular formula is C27H25N3O8. The minimum Gasteiger partial charge on any atom is -0.458 e. The SMILES string of the molecule is CC(C)(OC(=O)C1C2CC3C(OC(=O)C31)C2OC(=O)Cc1nc2ccccc2[nH]1)c1ccc([N+](=O)[O-])cc1. The number of aromatic nitrogens is 2. The molecule has 196 valence electrons. The van der Waals surface area contributed by atoms with Crippen LogP contribution in [0.15, 0.2) is 48.5 Å². The van der Waals surface area contributed by atoms with Crippen molar-refractivity contribution in [3.8, 4) is 0 Å². The van der Waals surface area contributed by atoms with Gasteiger partial charge >= 0.3 is 17.9 Å². The first-order valence-corrected chi connectivity index (χ1v) is 12.4. The lowest BCUT2D eigenvalue weighted by atomic mass is 9.78. The zero-order valence-electron chi connectivity index (χ0n) is 20.7. The van der Waals surface area contributed by atoms with Gasteiger partial charge in [0.2, 0.25) is 0 Å². The van der Waals surface area contributed by atoms with Gasteiger partial charge in [0.25, 0.3) is 5.69 Å². The molecular weight excluding hydrogens is 494 g/mol. The molecule has 3 aliphatic rings. The molecule has 3 aromatic rings. The standard InChI is InChI=1S/C27H25N3O8/c1-27(2,13-7-9-14(10-8-13)30(34)35)38-26(33)22-16-11-15-21(22)25(32)37-24(15)23(16)36-20(31)12-19-28-17-5-3-4-6-18(17)29-19/h3-10,15-16,21-24H,11-12H2,1-2H3,(H,28,29). The van der Waals surface area contributed by atoms with Gasteiger partial charge in [0, 0.05) is 24.0 Å². The Balaban J connectivity index is 1.18. The molecule has 6 unspecified atom stereocenters. The van der Waals surface area contributed by atoms with Crippen molar-refractivity contribution in [3.05, 3.63) is 70.0 Å². The number of para-hydroxylation sites is 2. The average Bonchev–Trinajstić information content (AvgIpc) is 3.59. The van der Waals surface area contributed by atoms with Crippen LogP contribution < -0.4 is 0 Å². The van der Waals surface area contributed by atoms with Gasteiger partial charge in [-0.1, -0.05) is 12.1 Å². The Labute approximate surface area is 216 Å². The third kappa shape index (κ3) is 3.89. The summed E-state index contributed by atoms with van der Waals surface area (Å²) in [6.07, 6.45) is -0.903. The molecule has 0 radical (unpaired) electrons. The van der Waals surface area contributed by atoms with E-state index in [4.69, 9.17) is 14.2 Å². The Morgan fingerprint density at radius 3 is 2.61 bits per heavy atom. The highest BCUT2D eigenvalue weighted by Gasteiger charge is 2.70. The fraction of sp³-hybridized carbons (Fsp3) is 0.407. The van der Waals surface area contributed by atoms with Crippen molar-refractivity contribution in [2.45, 2.75) is 44.5 Å². The maximum Gasteiger partial charge on any atom is 0.313 e. The van der Waals surface area contributed by atoms with Crippen molar-refractivity contribution in [2.24, 2.45) is 23.7 Å². The summed E-state index contributed by atoms with van der Waals surface area (Å²) in [4.78, 5) is 57.0. The lowest BCUT2D eigenvalue weighted by Gasteiger charge is -2.33. The van der Waals surface area contributed by atoms with Gasteiger partial charge in [0.15, 0.2) is 0 Å². The minimum atomic E-state index is -1.11. The van der Waals surface area contributed by atoms with Crippen LogP contribution in [-0.2, 0) is 40.6 Å². The topological polar surface area (TPSA) is 151 Å². The number of nitro groups is 1. The fourth-order valence-corrected chi connectivity index (χ4v) is 6.25. The molecule has 0 spiro atoms. The van der Waals surface area contributed by atoms with Gasteiger partial charge in [0.05, 0.1) is 27.8 Å². The maximum atomic E-state index is 13.5. The van der Waals surface area contributed by atoms with Crippen LogP contribution in [0.2, 0.25) is 0 Å². The minimum absolute atomic E-state index is 0.0731. The first-order valence-electron chi connectivity index (χ1n) is 12.4. The number of hydrogen-bond donors (Lipinski definition) is 1. The van der Waals surface area contributed by atoms with Crippen LogP contribution in [0.4, 0.5) is 5.69 Å². The first kappa shape index (κ1) is 24.1. The van der Waals surface area contributed by atoms with Crippen molar-refractivity contribution in [1.82, 2.24) is 9.97 Å². The molecule has 2 saturated carbocycles. The molecule has 3 fully saturated rings. The molecule has 2 bridgehead atoms. The van der Waals surface area contributed by atoms with Gasteiger partial charge < -0.3 is 19.2 Å². The quantitative estimate of drug-likeness (QED) is 0.215. The summed E-state index contributed by atoms with van der Waals surface area (Å²) in [6, 6.07) is 13.2. The van der Waals surface area contributed by atoms with E-state index < -0.39 is 58.4 Å².